The summed E-state index contributed by atoms with van der Waals surface area (Å²) in [5.41, 5.74) is 0. The van der Waals surface area contributed by atoms with Crippen molar-refractivity contribution in [3.63, 3.8) is 0 Å². The molecule has 2 atom stereocenters. The van der Waals surface area contributed by atoms with Crippen molar-refractivity contribution in [2.75, 3.05) is 33.0 Å². The van der Waals surface area contributed by atoms with E-state index in [0.717, 1.165) is 32.2 Å². The van der Waals surface area contributed by atoms with Crippen LogP contribution >= 0.6 is 0 Å². The first-order valence-corrected chi connectivity index (χ1v) is 13.4. The number of ether oxygens (including phenoxy) is 4. The van der Waals surface area contributed by atoms with Crippen molar-refractivity contribution in [1.29, 1.82) is 0 Å². The van der Waals surface area contributed by atoms with E-state index in [1.165, 1.54) is 89.9 Å². The van der Waals surface area contributed by atoms with Gasteiger partial charge in [0, 0.05) is 6.61 Å². The van der Waals surface area contributed by atoms with Crippen LogP contribution < -0.4 is 4.74 Å². The molecule has 0 aliphatic carbocycles. The highest BCUT2D eigenvalue weighted by Crippen LogP contribution is 2.14. The van der Waals surface area contributed by atoms with Gasteiger partial charge in [-0.2, -0.15) is 0 Å². The average Bonchev–Trinajstić information content (AvgIpc) is 3.74. The minimum absolute atomic E-state index is 0.343. The van der Waals surface area contributed by atoms with Gasteiger partial charge < -0.3 is 18.9 Å². The zero-order chi connectivity index (χ0) is 22.5. The van der Waals surface area contributed by atoms with Gasteiger partial charge in [0.25, 0.3) is 0 Å². The molecule has 1 aromatic carbocycles. The molecule has 4 heteroatoms. The Hall–Kier alpha value is -1.10. The molecule has 184 valence electrons. The molecular weight excluding hydrogens is 400 g/mol. The van der Waals surface area contributed by atoms with Crippen LogP contribution in [0.5, 0.6) is 5.75 Å². The monoisotopic (exact) mass is 448 g/mol. The fourth-order valence-corrected chi connectivity index (χ4v) is 3.65. The minimum Gasteiger partial charge on any atom is -0.491 e. The van der Waals surface area contributed by atoms with Crippen LogP contribution in [0.1, 0.15) is 96.8 Å². The third-order valence-electron chi connectivity index (χ3n) is 5.93. The summed E-state index contributed by atoms with van der Waals surface area (Å²) in [7, 11) is 0. The molecule has 0 bridgehead atoms. The molecule has 2 aliphatic rings. The third-order valence-corrected chi connectivity index (χ3v) is 5.93. The highest BCUT2D eigenvalue weighted by molar-refractivity contribution is 5.20. The predicted octanol–water partition coefficient (Wildman–Crippen LogP) is 7.35. The van der Waals surface area contributed by atoms with Crippen LogP contribution in [0, 0.1) is 0 Å². The van der Waals surface area contributed by atoms with E-state index in [2.05, 4.69) is 6.92 Å². The molecule has 2 unspecified atom stereocenters. The fraction of sp³-hybridized carbons (Fsp3) is 0.786. The Morgan fingerprint density at radius 3 is 1.62 bits per heavy atom. The van der Waals surface area contributed by atoms with Crippen molar-refractivity contribution in [2.45, 2.75) is 109 Å². The molecule has 2 aliphatic heterocycles. The lowest BCUT2D eigenvalue weighted by Crippen LogP contribution is -2.03. The molecule has 2 fully saturated rings. The second-order valence-electron chi connectivity index (χ2n) is 9.21. The van der Waals surface area contributed by atoms with Crippen molar-refractivity contribution in [2.24, 2.45) is 0 Å². The second kappa shape index (κ2) is 19.4. The summed E-state index contributed by atoms with van der Waals surface area (Å²) in [4.78, 5) is 0. The van der Waals surface area contributed by atoms with E-state index in [4.69, 9.17) is 18.9 Å². The van der Waals surface area contributed by atoms with Crippen LogP contribution in [0.15, 0.2) is 30.3 Å². The summed E-state index contributed by atoms with van der Waals surface area (Å²) in [5.74, 6) is 0.919. The molecular formula is C28H48O4. The normalized spacial score (nSPS) is 18.7. The maximum atomic E-state index is 5.54. The van der Waals surface area contributed by atoms with Gasteiger partial charge in [-0.05, 0) is 18.6 Å². The highest BCUT2D eigenvalue weighted by atomic mass is 16.6. The summed E-state index contributed by atoms with van der Waals surface area (Å²) >= 11 is 0. The Kier molecular flexibility index (Phi) is 16.4. The molecule has 0 radical (unpaired) electrons. The zero-order valence-corrected chi connectivity index (χ0v) is 20.6. The van der Waals surface area contributed by atoms with Gasteiger partial charge in [0.2, 0.25) is 0 Å². The van der Waals surface area contributed by atoms with Crippen molar-refractivity contribution >= 4 is 0 Å². The SMILES string of the molecule is CCCCCCCCCCCCCCCCOCC1CO1.c1ccc(OCC2CO2)cc1. The van der Waals surface area contributed by atoms with Gasteiger partial charge in [0.15, 0.2) is 0 Å². The van der Waals surface area contributed by atoms with E-state index in [1.54, 1.807) is 0 Å². The fourth-order valence-electron chi connectivity index (χ4n) is 3.65. The predicted molar refractivity (Wildman–Crippen MR) is 133 cm³/mol. The Balaban J connectivity index is 0.000000273. The standard InChI is InChI=1S/C19H38O2.C9H10O2/c1-2-3-4-5-6-7-8-9-10-11-12-13-14-15-16-20-17-19-18-21-19;1-2-4-8(5-3-1)10-6-9-7-11-9/h19H,2-18H2,1H3;1-5,9H,6-7H2. The first kappa shape index (κ1) is 27.1. The Morgan fingerprint density at radius 1 is 0.656 bits per heavy atom. The van der Waals surface area contributed by atoms with Crippen LogP contribution in [0.2, 0.25) is 0 Å². The van der Waals surface area contributed by atoms with E-state index in [9.17, 15) is 0 Å². The van der Waals surface area contributed by atoms with E-state index in [1.807, 2.05) is 30.3 Å². The Morgan fingerprint density at radius 2 is 1.12 bits per heavy atom. The van der Waals surface area contributed by atoms with E-state index < -0.39 is 0 Å². The van der Waals surface area contributed by atoms with Crippen LogP contribution in [-0.2, 0) is 14.2 Å². The van der Waals surface area contributed by atoms with Gasteiger partial charge in [-0.15, -0.1) is 0 Å². The summed E-state index contributed by atoms with van der Waals surface area (Å²) in [6.45, 7) is 6.49. The van der Waals surface area contributed by atoms with Crippen LogP contribution in [0.3, 0.4) is 0 Å². The van der Waals surface area contributed by atoms with Gasteiger partial charge in [0.05, 0.1) is 19.8 Å². The topological polar surface area (TPSA) is 43.5 Å². The number of unbranched alkanes of at least 4 members (excludes halogenated alkanes) is 13. The molecule has 0 saturated carbocycles. The molecule has 2 saturated heterocycles. The molecule has 0 spiro atoms. The van der Waals surface area contributed by atoms with Gasteiger partial charge in [0.1, 0.15) is 24.6 Å². The number of epoxide rings is 2. The lowest BCUT2D eigenvalue weighted by atomic mass is 10.0. The minimum atomic E-state index is 0.343. The lowest BCUT2D eigenvalue weighted by Gasteiger charge is -2.04. The van der Waals surface area contributed by atoms with Crippen LogP contribution in [-0.4, -0.2) is 45.2 Å². The first-order chi connectivity index (χ1) is 15.9. The molecule has 1 aromatic rings. The molecule has 0 aromatic heterocycles. The van der Waals surface area contributed by atoms with Crippen molar-refractivity contribution in [3.05, 3.63) is 30.3 Å². The smallest absolute Gasteiger partial charge is 0.119 e. The van der Waals surface area contributed by atoms with E-state index >= 15 is 0 Å². The summed E-state index contributed by atoms with van der Waals surface area (Å²) in [6.07, 6.45) is 20.6. The maximum Gasteiger partial charge on any atom is 0.119 e. The van der Waals surface area contributed by atoms with Gasteiger partial charge in [-0.25, -0.2) is 0 Å². The van der Waals surface area contributed by atoms with Crippen LogP contribution in [0.25, 0.3) is 0 Å². The van der Waals surface area contributed by atoms with Gasteiger partial charge in [-0.3, -0.25) is 0 Å². The quantitative estimate of drug-likeness (QED) is 0.154. The van der Waals surface area contributed by atoms with Gasteiger partial charge >= 0.3 is 0 Å². The number of hydrogen-bond donors (Lipinski definition) is 0. The van der Waals surface area contributed by atoms with Crippen molar-refractivity contribution in [1.82, 2.24) is 0 Å². The molecule has 0 N–H and O–H groups in total. The summed E-state index contributed by atoms with van der Waals surface area (Å²) in [6, 6.07) is 9.79. The summed E-state index contributed by atoms with van der Waals surface area (Å²) in [5, 5.41) is 0. The van der Waals surface area contributed by atoms with Crippen LogP contribution in [0.4, 0.5) is 0 Å². The molecule has 32 heavy (non-hydrogen) atoms. The maximum absolute atomic E-state index is 5.54. The lowest BCUT2D eigenvalue weighted by molar-refractivity contribution is 0.113. The number of benzene rings is 1. The van der Waals surface area contributed by atoms with Gasteiger partial charge in [-0.1, -0.05) is 109 Å². The Labute approximate surface area is 197 Å². The van der Waals surface area contributed by atoms with E-state index in [0.29, 0.717) is 18.8 Å². The number of hydrogen-bond acceptors (Lipinski definition) is 4. The Bertz CT molecular complexity index is 513. The van der Waals surface area contributed by atoms with Crippen molar-refractivity contribution in [3.8, 4) is 5.75 Å². The molecule has 0 amide bonds. The number of para-hydroxylation sites is 1. The first-order valence-electron chi connectivity index (χ1n) is 13.4. The van der Waals surface area contributed by atoms with E-state index in [-0.39, 0.29) is 0 Å². The average molecular weight is 449 g/mol. The van der Waals surface area contributed by atoms with Crippen molar-refractivity contribution < 1.29 is 18.9 Å². The largest absolute Gasteiger partial charge is 0.491 e. The molecule has 4 nitrogen and oxygen atoms in total. The second-order valence-corrected chi connectivity index (χ2v) is 9.21. The highest BCUT2D eigenvalue weighted by Gasteiger charge is 2.23. The zero-order valence-electron chi connectivity index (χ0n) is 20.6. The third kappa shape index (κ3) is 17.5. The number of rotatable bonds is 20. The molecule has 3 rings (SSSR count). The molecule has 2 heterocycles. The summed E-state index contributed by atoms with van der Waals surface area (Å²) < 4.78 is 21.1.